The van der Waals surface area contributed by atoms with Gasteiger partial charge in [0.05, 0.1) is 23.3 Å². The van der Waals surface area contributed by atoms with Gasteiger partial charge in [-0.2, -0.15) is 0 Å². The highest BCUT2D eigenvalue weighted by Crippen LogP contribution is 2.25. The number of carbonyl (C=O) groups excluding carboxylic acids is 1. The van der Waals surface area contributed by atoms with E-state index < -0.39 is 22.3 Å². The molecule has 0 saturated carbocycles. The summed E-state index contributed by atoms with van der Waals surface area (Å²) in [5, 5.41) is 10.9. The van der Waals surface area contributed by atoms with Crippen LogP contribution in [-0.2, 0) is 4.74 Å². The third-order valence-corrected chi connectivity index (χ3v) is 2.66. The molecule has 0 aliphatic rings. The van der Waals surface area contributed by atoms with Crippen molar-refractivity contribution >= 4 is 17.3 Å². The molecule has 110 valence electrons. The van der Waals surface area contributed by atoms with Gasteiger partial charge < -0.3 is 15.4 Å². The molecule has 0 atom stereocenters. The molecule has 0 aromatic heterocycles. The number of anilines is 1. The Hall–Kier alpha value is -2.22. The third kappa shape index (κ3) is 3.64. The van der Waals surface area contributed by atoms with Crippen molar-refractivity contribution in [1.82, 2.24) is 4.90 Å². The SMILES string of the molecule is CCOCCN(C)C(=O)c1cc(N)c(F)cc1[N+](=O)[O-]. The van der Waals surface area contributed by atoms with Gasteiger partial charge in [-0.15, -0.1) is 0 Å². The first-order valence-corrected chi connectivity index (χ1v) is 5.95. The van der Waals surface area contributed by atoms with Crippen LogP contribution in [0.15, 0.2) is 12.1 Å². The second-order valence-corrected chi connectivity index (χ2v) is 4.07. The number of hydrogen-bond donors (Lipinski definition) is 1. The second kappa shape index (κ2) is 6.80. The maximum absolute atomic E-state index is 13.3. The fourth-order valence-electron chi connectivity index (χ4n) is 1.55. The van der Waals surface area contributed by atoms with Crippen molar-refractivity contribution in [3.8, 4) is 0 Å². The molecule has 0 aliphatic carbocycles. The molecule has 2 N–H and O–H groups in total. The van der Waals surface area contributed by atoms with Crippen LogP contribution in [0.2, 0.25) is 0 Å². The monoisotopic (exact) mass is 285 g/mol. The van der Waals surface area contributed by atoms with Gasteiger partial charge in [0.15, 0.2) is 5.82 Å². The molecule has 1 rings (SSSR count). The van der Waals surface area contributed by atoms with E-state index in [0.717, 1.165) is 6.07 Å². The number of rotatable bonds is 6. The predicted octanol–water partition coefficient (Wildman–Crippen LogP) is 1.42. The van der Waals surface area contributed by atoms with Gasteiger partial charge in [-0.05, 0) is 13.0 Å². The van der Waals surface area contributed by atoms with Gasteiger partial charge in [0.25, 0.3) is 11.6 Å². The highest BCUT2D eigenvalue weighted by Gasteiger charge is 2.25. The molecule has 0 bridgehead atoms. The van der Waals surface area contributed by atoms with Crippen LogP contribution in [0, 0.1) is 15.9 Å². The quantitative estimate of drug-likeness (QED) is 0.369. The van der Waals surface area contributed by atoms with Gasteiger partial charge in [-0.3, -0.25) is 14.9 Å². The lowest BCUT2D eigenvalue weighted by Gasteiger charge is -2.17. The average molecular weight is 285 g/mol. The van der Waals surface area contributed by atoms with Crippen LogP contribution < -0.4 is 5.73 Å². The standard InChI is InChI=1S/C12H16FN3O4/c1-3-20-5-4-15(2)12(17)8-6-10(14)9(13)7-11(8)16(18)19/h6-7H,3-5,14H2,1-2H3. The summed E-state index contributed by atoms with van der Waals surface area (Å²) in [6.07, 6.45) is 0. The number of hydrogen-bond acceptors (Lipinski definition) is 5. The van der Waals surface area contributed by atoms with Crippen molar-refractivity contribution in [3.63, 3.8) is 0 Å². The fraction of sp³-hybridized carbons (Fsp3) is 0.417. The normalized spacial score (nSPS) is 10.3. The fourth-order valence-corrected chi connectivity index (χ4v) is 1.55. The molecule has 0 fully saturated rings. The zero-order chi connectivity index (χ0) is 15.3. The molecule has 0 saturated heterocycles. The van der Waals surface area contributed by atoms with Crippen LogP contribution in [0.25, 0.3) is 0 Å². The Bertz CT molecular complexity index is 522. The molecule has 1 aromatic rings. The van der Waals surface area contributed by atoms with E-state index >= 15 is 0 Å². The third-order valence-electron chi connectivity index (χ3n) is 2.66. The molecule has 0 radical (unpaired) electrons. The van der Waals surface area contributed by atoms with Gasteiger partial charge in [0.2, 0.25) is 0 Å². The number of ether oxygens (including phenoxy) is 1. The number of carbonyl (C=O) groups is 1. The molecule has 1 amide bonds. The van der Waals surface area contributed by atoms with Crippen molar-refractivity contribution in [2.45, 2.75) is 6.92 Å². The Morgan fingerprint density at radius 2 is 2.20 bits per heavy atom. The first kappa shape index (κ1) is 15.8. The van der Waals surface area contributed by atoms with Gasteiger partial charge in [0.1, 0.15) is 5.56 Å². The van der Waals surface area contributed by atoms with E-state index in [1.807, 2.05) is 6.92 Å². The minimum atomic E-state index is -0.926. The Morgan fingerprint density at radius 1 is 1.55 bits per heavy atom. The topological polar surface area (TPSA) is 98.7 Å². The van der Waals surface area contributed by atoms with E-state index in [1.54, 1.807) is 0 Å². The Balaban J connectivity index is 3.02. The minimum absolute atomic E-state index is 0.243. The summed E-state index contributed by atoms with van der Waals surface area (Å²) in [6, 6.07) is 1.63. The largest absolute Gasteiger partial charge is 0.396 e. The van der Waals surface area contributed by atoms with Crippen LogP contribution in [0.5, 0.6) is 0 Å². The molecule has 0 unspecified atom stereocenters. The highest BCUT2D eigenvalue weighted by atomic mass is 19.1. The molecule has 7 nitrogen and oxygen atoms in total. The summed E-state index contributed by atoms with van der Waals surface area (Å²) in [7, 11) is 1.48. The van der Waals surface area contributed by atoms with E-state index in [0.29, 0.717) is 19.3 Å². The molecule has 8 heteroatoms. The lowest BCUT2D eigenvalue weighted by atomic mass is 10.1. The first-order chi connectivity index (χ1) is 9.38. The van der Waals surface area contributed by atoms with E-state index in [9.17, 15) is 19.3 Å². The summed E-state index contributed by atoms with van der Waals surface area (Å²) in [6.45, 7) is 2.89. The summed E-state index contributed by atoms with van der Waals surface area (Å²) in [5.74, 6) is -1.53. The number of halogens is 1. The van der Waals surface area contributed by atoms with E-state index in [4.69, 9.17) is 10.5 Å². The summed E-state index contributed by atoms with van der Waals surface area (Å²) < 4.78 is 18.4. The molecule has 1 aromatic carbocycles. The van der Waals surface area contributed by atoms with E-state index in [-0.39, 0.29) is 17.8 Å². The molecule has 20 heavy (non-hydrogen) atoms. The zero-order valence-electron chi connectivity index (χ0n) is 11.3. The Kier molecular flexibility index (Phi) is 5.39. The number of nitro benzene ring substituents is 1. The first-order valence-electron chi connectivity index (χ1n) is 5.95. The van der Waals surface area contributed by atoms with Crippen LogP contribution in [0.4, 0.5) is 15.8 Å². The number of nitrogens with zero attached hydrogens (tertiary/aromatic N) is 2. The van der Waals surface area contributed by atoms with E-state index in [2.05, 4.69) is 0 Å². The summed E-state index contributed by atoms with van der Waals surface area (Å²) in [4.78, 5) is 23.4. The average Bonchev–Trinajstić information content (AvgIpc) is 2.40. The predicted molar refractivity (Wildman–Crippen MR) is 70.9 cm³/mol. The Labute approximate surface area is 115 Å². The van der Waals surface area contributed by atoms with E-state index in [1.165, 1.54) is 11.9 Å². The summed E-state index contributed by atoms with van der Waals surface area (Å²) in [5.41, 5.74) is 4.20. The van der Waals surface area contributed by atoms with Crippen molar-refractivity contribution < 1.29 is 18.8 Å². The number of benzene rings is 1. The molecular formula is C12H16FN3O4. The van der Waals surface area contributed by atoms with Crippen molar-refractivity contribution in [3.05, 3.63) is 33.6 Å². The van der Waals surface area contributed by atoms with Crippen molar-refractivity contribution in [1.29, 1.82) is 0 Å². The molecule has 0 spiro atoms. The minimum Gasteiger partial charge on any atom is -0.396 e. The number of amides is 1. The maximum Gasteiger partial charge on any atom is 0.285 e. The van der Waals surface area contributed by atoms with Crippen LogP contribution in [-0.4, -0.2) is 42.5 Å². The molecule has 0 aliphatic heterocycles. The van der Waals surface area contributed by atoms with Crippen molar-refractivity contribution in [2.75, 3.05) is 32.5 Å². The van der Waals surface area contributed by atoms with Crippen LogP contribution in [0.1, 0.15) is 17.3 Å². The van der Waals surface area contributed by atoms with Gasteiger partial charge in [-0.1, -0.05) is 0 Å². The zero-order valence-corrected chi connectivity index (χ0v) is 11.3. The molecular weight excluding hydrogens is 269 g/mol. The molecule has 0 heterocycles. The second-order valence-electron chi connectivity index (χ2n) is 4.07. The summed E-state index contributed by atoms with van der Waals surface area (Å²) >= 11 is 0. The highest BCUT2D eigenvalue weighted by molar-refractivity contribution is 5.99. The van der Waals surface area contributed by atoms with Crippen molar-refractivity contribution in [2.24, 2.45) is 0 Å². The maximum atomic E-state index is 13.3. The van der Waals surface area contributed by atoms with Gasteiger partial charge in [-0.25, -0.2) is 4.39 Å². The number of nitro groups is 1. The van der Waals surface area contributed by atoms with Crippen LogP contribution in [0.3, 0.4) is 0 Å². The lowest BCUT2D eigenvalue weighted by molar-refractivity contribution is -0.385. The number of nitrogens with two attached hydrogens (primary N) is 1. The van der Waals surface area contributed by atoms with Crippen LogP contribution >= 0.6 is 0 Å². The Morgan fingerprint density at radius 3 is 2.75 bits per heavy atom. The number of likely N-dealkylation sites (N-methyl/N-ethyl adjacent to an activating group) is 1. The lowest BCUT2D eigenvalue weighted by Crippen LogP contribution is -2.30. The van der Waals surface area contributed by atoms with Gasteiger partial charge in [0, 0.05) is 20.2 Å². The smallest absolute Gasteiger partial charge is 0.285 e. The van der Waals surface area contributed by atoms with Gasteiger partial charge >= 0.3 is 0 Å². The number of nitrogen functional groups attached to an aromatic ring is 1.